The number of nitrogens with zero attached hydrogens (tertiary/aromatic N) is 2. The summed E-state index contributed by atoms with van der Waals surface area (Å²) in [7, 11) is 0. The number of alkyl halides is 3. The largest absolute Gasteiger partial charge is 0.471 e. The van der Waals surface area contributed by atoms with Crippen molar-refractivity contribution in [2.75, 3.05) is 11.6 Å². The van der Waals surface area contributed by atoms with Gasteiger partial charge in [0, 0.05) is 5.69 Å². The zero-order chi connectivity index (χ0) is 21.5. The van der Waals surface area contributed by atoms with Crippen LogP contribution in [-0.2, 0) is 14.4 Å². The molecule has 0 spiro atoms. The Kier molecular flexibility index (Phi) is 3.98. The van der Waals surface area contributed by atoms with Gasteiger partial charge in [-0.1, -0.05) is 29.8 Å². The fourth-order valence-corrected chi connectivity index (χ4v) is 5.81. The molecule has 0 radical (unpaired) electrons. The van der Waals surface area contributed by atoms with E-state index in [1.54, 1.807) is 26.0 Å². The Hall–Kier alpha value is -2.64. The zero-order valence-electron chi connectivity index (χ0n) is 16.5. The smallest absolute Gasteiger partial charge is 0.286 e. The third-order valence-corrected chi connectivity index (χ3v) is 7.17. The molecular formula is C22H21F3N2O3. The highest BCUT2D eigenvalue weighted by molar-refractivity contribution is 6.07. The number of anilines is 1. The van der Waals surface area contributed by atoms with Crippen molar-refractivity contribution in [2.45, 2.75) is 26.4 Å². The minimum absolute atomic E-state index is 0.0284. The molecule has 6 atom stereocenters. The molecule has 1 saturated heterocycles. The van der Waals surface area contributed by atoms with Crippen molar-refractivity contribution in [1.29, 1.82) is 0 Å². The van der Waals surface area contributed by atoms with E-state index in [2.05, 4.69) is 0 Å². The van der Waals surface area contributed by atoms with Crippen LogP contribution in [0.2, 0.25) is 0 Å². The van der Waals surface area contributed by atoms with Crippen LogP contribution in [0.5, 0.6) is 0 Å². The first-order valence-corrected chi connectivity index (χ1v) is 10.1. The molecule has 0 unspecified atom stereocenters. The molecule has 3 fully saturated rings. The van der Waals surface area contributed by atoms with E-state index in [0.29, 0.717) is 22.3 Å². The lowest BCUT2D eigenvalue weighted by Crippen LogP contribution is -2.49. The van der Waals surface area contributed by atoms with E-state index < -0.39 is 42.4 Å². The Balaban J connectivity index is 1.49. The fourth-order valence-electron chi connectivity index (χ4n) is 5.81. The number of amides is 3. The Morgan fingerprint density at radius 1 is 1.07 bits per heavy atom. The molecule has 3 amide bonds. The summed E-state index contributed by atoms with van der Waals surface area (Å²) in [6.45, 7) is 2.67. The van der Waals surface area contributed by atoms with Gasteiger partial charge in [0.1, 0.15) is 6.67 Å². The van der Waals surface area contributed by atoms with Gasteiger partial charge in [-0.15, -0.1) is 0 Å². The molecule has 4 aliphatic carbocycles. The number of carbonyl (C=O) groups excluding carboxylic acids is 3. The highest BCUT2D eigenvalue weighted by Crippen LogP contribution is 2.65. The molecule has 1 aliphatic heterocycles. The zero-order valence-corrected chi connectivity index (χ0v) is 16.5. The van der Waals surface area contributed by atoms with Crippen LogP contribution in [0.4, 0.5) is 18.9 Å². The van der Waals surface area contributed by atoms with Gasteiger partial charge in [-0.3, -0.25) is 24.2 Å². The van der Waals surface area contributed by atoms with E-state index >= 15 is 0 Å². The van der Waals surface area contributed by atoms with Crippen molar-refractivity contribution in [3.63, 3.8) is 0 Å². The van der Waals surface area contributed by atoms with Gasteiger partial charge >= 0.3 is 12.1 Å². The summed E-state index contributed by atoms with van der Waals surface area (Å²) in [5, 5.41) is 0. The second kappa shape index (κ2) is 6.18. The monoisotopic (exact) mass is 418 g/mol. The number of carbonyl (C=O) groups is 3. The number of hydrogen-bond acceptors (Lipinski definition) is 3. The molecule has 0 N–H and O–H groups in total. The lowest BCUT2D eigenvalue weighted by Gasteiger charge is -2.37. The van der Waals surface area contributed by atoms with Gasteiger partial charge in [-0.05, 0) is 55.6 Å². The molecular weight excluding hydrogens is 397 g/mol. The van der Waals surface area contributed by atoms with Gasteiger partial charge in [0.2, 0.25) is 11.8 Å². The lowest BCUT2D eigenvalue weighted by molar-refractivity contribution is -0.171. The summed E-state index contributed by atoms with van der Waals surface area (Å²) in [4.78, 5) is 39.9. The van der Waals surface area contributed by atoms with Crippen molar-refractivity contribution >= 4 is 23.4 Å². The van der Waals surface area contributed by atoms with E-state index in [4.69, 9.17) is 0 Å². The number of benzene rings is 1. The van der Waals surface area contributed by atoms with Gasteiger partial charge in [-0.2, -0.15) is 13.2 Å². The van der Waals surface area contributed by atoms with E-state index in [0.717, 1.165) is 16.9 Å². The van der Waals surface area contributed by atoms with Gasteiger partial charge in [-0.25, -0.2) is 0 Å². The molecule has 1 aromatic carbocycles. The Labute approximate surface area is 171 Å². The van der Waals surface area contributed by atoms with Crippen LogP contribution in [0.1, 0.15) is 17.5 Å². The number of likely N-dealkylation sites (tertiary alicyclic amines) is 1. The van der Waals surface area contributed by atoms with Crippen molar-refractivity contribution < 1.29 is 27.6 Å². The number of allylic oxidation sites excluding steroid dienone is 2. The van der Waals surface area contributed by atoms with Crippen LogP contribution in [0, 0.1) is 49.4 Å². The Morgan fingerprint density at radius 2 is 1.63 bits per heavy atom. The second-order valence-corrected chi connectivity index (χ2v) is 8.92. The molecule has 2 bridgehead atoms. The molecule has 6 rings (SSSR count). The van der Waals surface area contributed by atoms with Crippen LogP contribution in [0.25, 0.3) is 0 Å². The van der Waals surface area contributed by atoms with E-state index in [9.17, 15) is 27.6 Å². The first-order chi connectivity index (χ1) is 14.1. The number of rotatable bonds is 3. The van der Waals surface area contributed by atoms with Crippen LogP contribution in [0.15, 0.2) is 30.4 Å². The molecule has 5 nitrogen and oxygen atoms in total. The number of hydrogen-bond donors (Lipinski definition) is 0. The van der Waals surface area contributed by atoms with E-state index in [1.165, 1.54) is 6.07 Å². The predicted molar refractivity (Wildman–Crippen MR) is 101 cm³/mol. The van der Waals surface area contributed by atoms with Gasteiger partial charge in [0.15, 0.2) is 0 Å². The summed E-state index contributed by atoms with van der Waals surface area (Å²) in [5.41, 5.74) is 1.34. The molecule has 158 valence electrons. The maximum absolute atomic E-state index is 13.4. The Bertz CT molecular complexity index is 966. The number of halogens is 3. The maximum atomic E-state index is 13.4. The summed E-state index contributed by atoms with van der Waals surface area (Å²) >= 11 is 0. The normalized spacial score (nSPS) is 33.6. The predicted octanol–water partition coefficient (Wildman–Crippen LogP) is 3.21. The summed E-state index contributed by atoms with van der Waals surface area (Å²) in [6, 6.07) is 4.69. The molecule has 1 aromatic rings. The molecule has 2 saturated carbocycles. The SMILES string of the molecule is Cc1ccc(N(CN2C(=O)[C@H]3[C@@H]4C=C[C@@H]([C@H]5C[C@H]45)[C@@H]3C2=O)C(=O)C(F)(F)F)c(C)c1. The summed E-state index contributed by atoms with van der Waals surface area (Å²) < 4.78 is 40.1. The van der Waals surface area contributed by atoms with Crippen LogP contribution >= 0.6 is 0 Å². The number of aryl methyl sites for hydroxylation is 2. The molecule has 0 aromatic heterocycles. The fraction of sp³-hybridized carbons (Fsp3) is 0.500. The van der Waals surface area contributed by atoms with Crippen LogP contribution in [-0.4, -0.2) is 35.5 Å². The lowest BCUT2D eigenvalue weighted by atomic mass is 9.63. The van der Waals surface area contributed by atoms with Crippen molar-refractivity contribution in [2.24, 2.45) is 35.5 Å². The quantitative estimate of drug-likeness (QED) is 0.560. The molecule has 8 heteroatoms. The van der Waals surface area contributed by atoms with Crippen molar-refractivity contribution in [3.05, 3.63) is 41.5 Å². The maximum Gasteiger partial charge on any atom is 0.471 e. The highest BCUT2D eigenvalue weighted by atomic mass is 19.4. The summed E-state index contributed by atoms with van der Waals surface area (Å²) in [5.74, 6) is -3.31. The third kappa shape index (κ3) is 2.65. The topological polar surface area (TPSA) is 57.7 Å². The average molecular weight is 418 g/mol. The molecule has 5 aliphatic rings. The van der Waals surface area contributed by atoms with E-state index in [1.807, 2.05) is 12.2 Å². The minimum atomic E-state index is -5.13. The van der Waals surface area contributed by atoms with Crippen LogP contribution in [0.3, 0.4) is 0 Å². The Morgan fingerprint density at radius 3 is 2.13 bits per heavy atom. The second-order valence-electron chi connectivity index (χ2n) is 8.92. The third-order valence-electron chi connectivity index (χ3n) is 7.17. The van der Waals surface area contributed by atoms with Crippen molar-refractivity contribution in [1.82, 2.24) is 4.90 Å². The molecule has 30 heavy (non-hydrogen) atoms. The average Bonchev–Trinajstić information content (AvgIpc) is 3.45. The standard InChI is InChI=1S/C22H21F3N2O3/c1-10-3-6-16(11(2)7-10)26(21(30)22(23,24)25)9-27-19(28)17-12-4-5-13(15-8-14(12)15)18(17)20(27)29/h3-7,12-15,17-18H,8-9H2,1-2H3/t12-,13+,14-,15-,17+,18+/m1/s1. The van der Waals surface area contributed by atoms with Crippen LogP contribution < -0.4 is 4.90 Å². The van der Waals surface area contributed by atoms with Gasteiger partial charge < -0.3 is 0 Å². The molecule has 1 heterocycles. The first-order valence-electron chi connectivity index (χ1n) is 10.1. The summed E-state index contributed by atoms with van der Waals surface area (Å²) in [6.07, 6.45) is -0.135. The van der Waals surface area contributed by atoms with E-state index in [-0.39, 0.29) is 17.5 Å². The number of imide groups is 1. The van der Waals surface area contributed by atoms with Gasteiger partial charge in [0.05, 0.1) is 11.8 Å². The van der Waals surface area contributed by atoms with Crippen molar-refractivity contribution in [3.8, 4) is 0 Å². The highest BCUT2D eigenvalue weighted by Gasteiger charge is 2.67. The van der Waals surface area contributed by atoms with Gasteiger partial charge in [0.25, 0.3) is 0 Å². The first kappa shape index (κ1) is 19.3. The minimum Gasteiger partial charge on any atom is -0.286 e.